The van der Waals surface area contributed by atoms with E-state index in [1.807, 2.05) is 11.4 Å². The van der Waals surface area contributed by atoms with Gasteiger partial charge in [0.1, 0.15) is 18.1 Å². The second-order valence-electron chi connectivity index (χ2n) is 6.21. The van der Waals surface area contributed by atoms with E-state index in [4.69, 9.17) is 16.3 Å². The number of methoxy groups -OCH3 is 1. The lowest BCUT2D eigenvalue weighted by molar-refractivity contribution is -0.166. The quantitative estimate of drug-likeness (QED) is 0.416. The van der Waals surface area contributed by atoms with Crippen LogP contribution in [0.2, 0.25) is 5.02 Å². The van der Waals surface area contributed by atoms with Gasteiger partial charge in [0.05, 0.1) is 7.11 Å². The van der Waals surface area contributed by atoms with E-state index in [1.165, 1.54) is 28.4 Å². The molecule has 1 aliphatic heterocycles. The smallest absolute Gasteiger partial charge is 0.338 e. The number of carbonyl (C=O) groups excluding carboxylic acids is 4. The summed E-state index contributed by atoms with van der Waals surface area (Å²) in [6.45, 7) is 0.0371. The van der Waals surface area contributed by atoms with Gasteiger partial charge >= 0.3 is 5.97 Å². The number of ether oxygens (including phenoxy) is 1. The number of esters is 1. The van der Waals surface area contributed by atoms with Crippen LogP contribution in [0.15, 0.2) is 35.7 Å². The molecule has 0 saturated heterocycles. The number of rotatable bonds is 6. The summed E-state index contributed by atoms with van der Waals surface area (Å²) in [4.78, 5) is 51.6. The van der Waals surface area contributed by atoms with Crippen LogP contribution >= 0.6 is 22.9 Å². The summed E-state index contributed by atoms with van der Waals surface area (Å²) in [6.07, 6.45) is 1.39. The molecule has 3 rings (SSSR count). The molecule has 1 atom stereocenters. The Morgan fingerprint density at radius 3 is 2.56 bits per heavy atom. The van der Waals surface area contributed by atoms with Crippen molar-refractivity contribution in [1.82, 2.24) is 4.90 Å². The van der Waals surface area contributed by atoms with Crippen molar-refractivity contribution in [3.8, 4) is 0 Å². The summed E-state index contributed by atoms with van der Waals surface area (Å²) >= 11 is 7.71. The monoisotopic (exact) mass is 405 g/mol. The number of thiophene rings is 1. The van der Waals surface area contributed by atoms with Crippen molar-refractivity contribution in [3.05, 3.63) is 56.7 Å². The number of aldehydes is 3. The van der Waals surface area contributed by atoms with E-state index in [0.29, 0.717) is 18.9 Å². The first-order valence-electron chi connectivity index (χ1n) is 8.04. The molecule has 27 heavy (non-hydrogen) atoms. The second-order valence-corrected chi connectivity index (χ2v) is 7.62. The fourth-order valence-electron chi connectivity index (χ4n) is 3.49. The van der Waals surface area contributed by atoms with E-state index < -0.39 is 17.0 Å². The Balaban J connectivity index is 2.32. The summed E-state index contributed by atoms with van der Waals surface area (Å²) in [5.41, 5.74) is -2.76. The van der Waals surface area contributed by atoms with Gasteiger partial charge in [-0.25, -0.2) is 4.79 Å². The first kappa shape index (κ1) is 19.4. The third-order valence-corrected chi connectivity index (χ3v) is 6.19. The SMILES string of the molecule is COC(=O)[C@@](C=O)(c1ccccc1Cl)N1Cc2ccsc2CC1(C=O)C=O. The van der Waals surface area contributed by atoms with E-state index in [-0.39, 0.29) is 23.6 Å². The highest BCUT2D eigenvalue weighted by Crippen LogP contribution is 2.43. The molecule has 0 bridgehead atoms. The molecule has 0 amide bonds. The lowest BCUT2D eigenvalue weighted by Gasteiger charge is -2.47. The van der Waals surface area contributed by atoms with Crippen molar-refractivity contribution in [2.45, 2.75) is 24.0 Å². The predicted octanol–water partition coefficient (Wildman–Crippen LogP) is 2.16. The van der Waals surface area contributed by atoms with E-state index in [1.54, 1.807) is 12.1 Å². The van der Waals surface area contributed by atoms with Crippen LogP contribution in [-0.4, -0.2) is 42.4 Å². The van der Waals surface area contributed by atoms with Crippen LogP contribution in [-0.2, 0) is 42.4 Å². The fraction of sp³-hybridized carbons (Fsp3) is 0.263. The number of hydrogen-bond acceptors (Lipinski definition) is 7. The zero-order valence-electron chi connectivity index (χ0n) is 14.4. The van der Waals surface area contributed by atoms with E-state index in [0.717, 1.165) is 17.6 Å². The Kier molecular flexibility index (Phi) is 5.28. The summed E-state index contributed by atoms with van der Waals surface area (Å²) in [7, 11) is 1.14. The van der Waals surface area contributed by atoms with Crippen molar-refractivity contribution < 1.29 is 23.9 Å². The van der Waals surface area contributed by atoms with Crippen molar-refractivity contribution in [2.24, 2.45) is 0 Å². The molecule has 0 spiro atoms. The van der Waals surface area contributed by atoms with Gasteiger partial charge in [0, 0.05) is 28.4 Å². The van der Waals surface area contributed by atoms with Crippen LogP contribution in [0, 0.1) is 0 Å². The Morgan fingerprint density at radius 1 is 1.26 bits per heavy atom. The Morgan fingerprint density at radius 2 is 1.96 bits per heavy atom. The largest absolute Gasteiger partial charge is 0.467 e. The first-order valence-corrected chi connectivity index (χ1v) is 9.30. The minimum atomic E-state index is -2.05. The summed E-state index contributed by atoms with van der Waals surface area (Å²) < 4.78 is 4.92. The molecule has 140 valence electrons. The van der Waals surface area contributed by atoms with Crippen LogP contribution in [0.25, 0.3) is 0 Å². The molecule has 0 aliphatic carbocycles. The average molecular weight is 406 g/mol. The van der Waals surface area contributed by atoms with E-state index in [9.17, 15) is 19.2 Å². The second kappa shape index (κ2) is 7.34. The Labute approximate surface area is 164 Å². The van der Waals surface area contributed by atoms with Gasteiger partial charge < -0.3 is 19.1 Å². The molecule has 1 aromatic heterocycles. The molecular weight excluding hydrogens is 390 g/mol. The number of benzene rings is 1. The zero-order chi connectivity index (χ0) is 19.7. The lowest BCUT2D eigenvalue weighted by Crippen LogP contribution is -2.66. The maximum atomic E-state index is 12.9. The highest BCUT2D eigenvalue weighted by molar-refractivity contribution is 7.10. The minimum absolute atomic E-state index is 0.0371. The predicted molar refractivity (Wildman–Crippen MR) is 99.6 cm³/mol. The molecule has 0 fully saturated rings. The van der Waals surface area contributed by atoms with Gasteiger partial charge in [0.25, 0.3) is 0 Å². The van der Waals surface area contributed by atoms with Crippen LogP contribution in [0.4, 0.5) is 0 Å². The molecular formula is C19H16ClNO5S. The molecule has 2 heterocycles. The highest BCUT2D eigenvalue weighted by atomic mass is 35.5. The minimum Gasteiger partial charge on any atom is -0.467 e. The summed E-state index contributed by atoms with van der Waals surface area (Å²) in [5.74, 6) is -0.919. The molecule has 0 saturated carbocycles. The number of nitrogens with zero attached hydrogens (tertiary/aromatic N) is 1. The maximum absolute atomic E-state index is 12.9. The zero-order valence-corrected chi connectivity index (χ0v) is 16.0. The van der Waals surface area contributed by atoms with Crippen LogP contribution in [0.3, 0.4) is 0 Å². The first-order chi connectivity index (χ1) is 13.0. The van der Waals surface area contributed by atoms with Crippen LogP contribution < -0.4 is 0 Å². The normalized spacial score (nSPS) is 18.0. The van der Waals surface area contributed by atoms with Crippen LogP contribution in [0.1, 0.15) is 16.0 Å². The van der Waals surface area contributed by atoms with Gasteiger partial charge in [-0.1, -0.05) is 29.8 Å². The molecule has 8 heteroatoms. The van der Waals surface area contributed by atoms with Crippen molar-refractivity contribution in [2.75, 3.05) is 7.11 Å². The third kappa shape index (κ3) is 2.82. The van der Waals surface area contributed by atoms with Gasteiger partial charge in [-0.3, -0.25) is 4.90 Å². The van der Waals surface area contributed by atoms with Gasteiger partial charge in [0.2, 0.25) is 5.54 Å². The Hall–Kier alpha value is -2.35. The molecule has 2 aromatic rings. The molecule has 1 aliphatic rings. The van der Waals surface area contributed by atoms with Crippen molar-refractivity contribution in [1.29, 1.82) is 0 Å². The van der Waals surface area contributed by atoms with Gasteiger partial charge in [0.15, 0.2) is 6.29 Å². The molecule has 0 unspecified atom stereocenters. The number of carbonyl (C=O) groups is 4. The topological polar surface area (TPSA) is 80.8 Å². The lowest BCUT2D eigenvalue weighted by atomic mass is 9.80. The summed E-state index contributed by atoms with van der Waals surface area (Å²) in [5, 5.41) is 1.99. The fourth-order valence-corrected chi connectivity index (χ4v) is 4.77. The molecule has 0 N–H and O–H groups in total. The van der Waals surface area contributed by atoms with E-state index >= 15 is 0 Å². The van der Waals surface area contributed by atoms with Crippen molar-refractivity contribution in [3.63, 3.8) is 0 Å². The van der Waals surface area contributed by atoms with Crippen molar-refractivity contribution >= 4 is 47.8 Å². The molecule has 0 radical (unpaired) electrons. The van der Waals surface area contributed by atoms with Crippen LogP contribution in [0.5, 0.6) is 0 Å². The Bertz CT molecular complexity index is 903. The number of fused-ring (bicyclic) bond motifs is 1. The number of halogens is 1. The van der Waals surface area contributed by atoms with E-state index in [2.05, 4.69) is 0 Å². The maximum Gasteiger partial charge on any atom is 0.338 e. The standard InChI is InChI=1S/C19H16ClNO5S/c1-26-17(25)19(12-24,14-4-2-3-5-15(14)20)21-9-13-6-7-27-16(13)8-18(21,10-22)11-23/h2-7,10-12H,8-9H2,1H3/t19-/m1/s1. The molecule has 1 aromatic carbocycles. The average Bonchev–Trinajstić information content (AvgIpc) is 3.16. The number of hydrogen-bond donors (Lipinski definition) is 0. The van der Waals surface area contributed by atoms with Gasteiger partial charge in [-0.05, 0) is 23.1 Å². The third-order valence-electron chi connectivity index (χ3n) is 4.90. The molecule has 6 nitrogen and oxygen atoms in total. The summed E-state index contributed by atoms with van der Waals surface area (Å²) in [6, 6.07) is 8.15. The van der Waals surface area contributed by atoms with Gasteiger partial charge in [-0.2, -0.15) is 0 Å². The highest BCUT2D eigenvalue weighted by Gasteiger charge is 2.58. The van der Waals surface area contributed by atoms with Gasteiger partial charge in [-0.15, -0.1) is 11.3 Å².